The van der Waals surface area contributed by atoms with E-state index in [1.165, 1.54) is 12.1 Å². The summed E-state index contributed by atoms with van der Waals surface area (Å²) >= 11 is 3.18. The van der Waals surface area contributed by atoms with Gasteiger partial charge in [-0.2, -0.15) is 0 Å². The van der Waals surface area contributed by atoms with Gasteiger partial charge in [-0.05, 0) is 18.2 Å². The first-order valence-electron chi connectivity index (χ1n) is 5.71. The van der Waals surface area contributed by atoms with E-state index < -0.39 is 4.92 Å². The Hall–Kier alpha value is -2.61. The molecule has 0 aromatic heterocycles. The molecule has 0 aliphatic heterocycles. The van der Waals surface area contributed by atoms with Gasteiger partial charge in [-0.1, -0.05) is 33.2 Å². The molecule has 2 aromatic carbocycles. The maximum absolute atomic E-state index is 10.8. The molecule has 108 valence electrons. The molecule has 0 heterocycles. The summed E-state index contributed by atoms with van der Waals surface area (Å²) in [6.45, 7) is 0. The van der Waals surface area contributed by atoms with Gasteiger partial charge >= 0.3 is 0 Å². The monoisotopic (exact) mass is 351 g/mol. The Morgan fingerprint density at radius 1 is 1.33 bits per heavy atom. The van der Waals surface area contributed by atoms with E-state index in [1.807, 2.05) is 0 Å². The molecule has 0 bridgehead atoms. The van der Waals surface area contributed by atoms with Crippen LogP contribution in [0.25, 0.3) is 0 Å². The number of non-ortho nitro benzene ring substituents is 1. The number of nitrogens with two attached hydrogens (primary N) is 1. The molecule has 0 saturated heterocycles. The second-order valence-electron chi connectivity index (χ2n) is 3.99. The van der Waals surface area contributed by atoms with Crippen molar-refractivity contribution in [2.45, 2.75) is 0 Å². The van der Waals surface area contributed by atoms with Gasteiger partial charge < -0.3 is 15.7 Å². The van der Waals surface area contributed by atoms with Crippen LogP contribution in [0.5, 0.6) is 11.5 Å². The van der Waals surface area contributed by atoms with Gasteiger partial charge in [-0.25, -0.2) is 0 Å². The summed E-state index contributed by atoms with van der Waals surface area (Å²) in [5.41, 5.74) is 5.83. The van der Waals surface area contributed by atoms with Crippen LogP contribution in [-0.2, 0) is 0 Å². The molecule has 0 spiro atoms. The van der Waals surface area contributed by atoms with Crippen molar-refractivity contribution in [3.63, 3.8) is 0 Å². The molecule has 3 N–H and O–H groups in total. The first-order chi connectivity index (χ1) is 10.0. The number of rotatable bonds is 4. The third-order valence-corrected chi connectivity index (χ3v) is 3.02. The third kappa shape index (κ3) is 3.48. The second kappa shape index (κ2) is 6.23. The molecule has 21 heavy (non-hydrogen) atoms. The maximum atomic E-state index is 10.8. The molecule has 8 heteroatoms. The van der Waals surface area contributed by atoms with Gasteiger partial charge in [0.1, 0.15) is 11.5 Å². The van der Waals surface area contributed by atoms with Gasteiger partial charge in [0.05, 0.1) is 16.6 Å². The topological polar surface area (TPSA) is 111 Å². The zero-order valence-corrected chi connectivity index (χ0v) is 12.1. The lowest BCUT2D eigenvalue weighted by Crippen LogP contribution is -2.14. The van der Waals surface area contributed by atoms with Crippen LogP contribution in [0.1, 0.15) is 5.56 Å². The number of benzene rings is 2. The molecule has 7 nitrogen and oxygen atoms in total. The molecule has 0 fully saturated rings. The summed E-state index contributed by atoms with van der Waals surface area (Å²) < 4.78 is 6.11. The number of oxime groups is 1. The Kier molecular flexibility index (Phi) is 4.39. The largest absolute Gasteiger partial charge is 0.456 e. The van der Waals surface area contributed by atoms with Crippen molar-refractivity contribution < 1.29 is 14.9 Å². The Morgan fingerprint density at radius 3 is 2.71 bits per heavy atom. The molecular formula is C13H10BrN3O4. The van der Waals surface area contributed by atoms with Crippen molar-refractivity contribution in [1.29, 1.82) is 0 Å². The smallest absolute Gasteiger partial charge is 0.274 e. The molecule has 0 aliphatic rings. The second-order valence-corrected chi connectivity index (χ2v) is 4.90. The number of ether oxygens (including phenoxy) is 1. The lowest BCUT2D eigenvalue weighted by atomic mass is 10.2. The molecule has 2 aromatic rings. The van der Waals surface area contributed by atoms with Crippen LogP contribution >= 0.6 is 15.9 Å². The van der Waals surface area contributed by atoms with E-state index >= 15 is 0 Å². The van der Waals surface area contributed by atoms with Gasteiger partial charge in [-0.15, -0.1) is 0 Å². The number of nitro groups is 1. The maximum Gasteiger partial charge on any atom is 0.274 e. The van der Waals surface area contributed by atoms with Crippen LogP contribution in [0.4, 0.5) is 5.69 Å². The van der Waals surface area contributed by atoms with Gasteiger partial charge in [0.2, 0.25) is 0 Å². The highest BCUT2D eigenvalue weighted by Crippen LogP contribution is 2.31. The zero-order chi connectivity index (χ0) is 15.4. The molecule has 0 amide bonds. The normalized spacial score (nSPS) is 11.2. The summed E-state index contributed by atoms with van der Waals surface area (Å²) in [5.74, 6) is 0.463. The van der Waals surface area contributed by atoms with Gasteiger partial charge in [0.15, 0.2) is 5.84 Å². The van der Waals surface area contributed by atoms with Crippen LogP contribution < -0.4 is 10.5 Å². The van der Waals surface area contributed by atoms with E-state index in [0.717, 1.165) is 0 Å². The molecule has 0 radical (unpaired) electrons. The molecule has 0 unspecified atom stereocenters. The number of nitrogens with zero attached hydrogens (tertiary/aromatic N) is 2. The fourth-order valence-corrected chi connectivity index (χ4v) is 2.12. The number of nitro benzene ring substituents is 1. The predicted octanol–water partition coefficient (Wildman–Crippen LogP) is 3.24. The number of para-hydroxylation sites is 1. The Morgan fingerprint density at radius 2 is 2.05 bits per heavy atom. The highest BCUT2D eigenvalue weighted by atomic mass is 79.9. The first-order valence-corrected chi connectivity index (χ1v) is 6.50. The fraction of sp³-hybridized carbons (Fsp3) is 0. The minimum Gasteiger partial charge on any atom is -0.456 e. The summed E-state index contributed by atoms with van der Waals surface area (Å²) in [5, 5.41) is 22.5. The van der Waals surface area contributed by atoms with Gasteiger partial charge in [0.25, 0.3) is 5.69 Å². The first kappa shape index (κ1) is 14.8. The Balaban J connectivity index is 2.41. The van der Waals surface area contributed by atoms with Crippen molar-refractivity contribution in [2.75, 3.05) is 0 Å². The lowest BCUT2D eigenvalue weighted by molar-refractivity contribution is -0.385. The average molecular weight is 352 g/mol. The highest BCUT2D eigenvalue weighted by molar-refractivity contribution is 9.10. The van der Waals surface area contributed by atoms with Gasteiger partial charge in [-0.3, -0.25) is 10.1 Å². The van der Waals surface area contributed by atoms with E-state index in [0.29, 0.717) is 15.8 Å². The Labute approximate surface area is 127 Å². The number of amidine groups is 1. The van der Waals surface area contributed by atoms with E-state index in [1.54, 1.807) is 30.3 Å². The number of halogens is 1. The summed E-state index contributed by atoms with van der Waals surface area (Å²) in [6.07, 6.45) is 0. The average Bonchev–Trinajstić information content (AvgIpc) is 2.46. The molecule has 0 atom stereocenters. The fourth-order valence-electron chi connectivity index (χ4n) is 1.66. The van der Waals surface area contributed by atoms with Crippen molar-refractivity contribution in [1.82, 2.24) is 0 Å². The van der Waals surface area contributed by atoms with Crippen molar-refractivity contribution in [2.24, 2.45) is 10.9 Å². The molecular weight excluding hydrogens is 342 g/mol. The Bertz CT molecular complexity index is 718. The zero-order valence-electron chi connectivity index (χ0n) is 10.6. The summed E-state index contributed by atoms with van der Waals surface area (Å²) in [7, 11) is 0. The van der Waals surface area contributed by atoms with E-state index in [9.17, 15) is 10.1 Å². The standard InChI is InChI=1S/C13H10BrN3O4/c14-8-5-9(17(19)20)7-10(6-8)21-12-4-2-1-3-11(12)13(15)16-18/h1-7,18H,(H2,15,16). The minimum atomic E-state index is -0.521. The lowest BCUT2D eigenvalue weighted by Gasteiger charge is -2.10. The molecule has 0 saturated carbocycles. The number of hydrogen-bond donors (Lipinski definition) is 2. The molecule has 0 aliphatic carbocycles. The van der Waals surface area contributed by atoms with Crippen LogP contribution in [0.3, 0.4) is 0 Å². The number of hydrogen-bond acceptors (Lipinski definition) is 5. The third-order valence-electron chi connectivity index (χ3n) is 2.57. The highest BCUT2D eigenvalue weighted by Gasteiger charge is 2.13. The van der Waals surface area contributed by atoms with Gasteiger partial charge in [0, 0.05) is 10.5 Å². The van der Waals surface area contributed by atoms with Crippen molar-refractivity contribution in [3.05, 3.63) is 62.6 Å². The SMILES string of the molecule is N/C(=N/O)c1ccccc1Oc1cc(Br)cc([N+](=O)[O-])c1. The van der Waals surface area contributed by atoms with E-state index in [-0.39, 0.29) is 17.3 Å². The van der Waals surface area contributed by atoms with Crippen molar-refractivity contribution in [3.8, 4) is 11.5 Å². The van der Waals surface area contributed by atoms with Crippen LogP contribution in [-0.4, -0.2) is 16.0 Å². The predicted molar refractivity (Wildman–Crippen MR) is 79.8 cm³/mol. The quantitative estimate of drug-likeness (QED) is 0.288. The van der Waals surface area contributed by atoms with Crippen LogP contribution in [0, 0.1) is 10.1 Å². The molecule has 2 rings (SSSR count). The summed E-state index contributed by atoms with van der Waals surface area (Å²) in [4.78, 5) is 10.3. The van der Waals surface area contributed by atoms with Crippen molar-refractivity contribution >= 4 is 27.5 Å². The van der Waals surface area contributed by atoms with E-state index in [4.69, 9.17) is 15.7 Å². The van der Waals surface area contributed by atoms with Crippen LogP contribution in [0.2, 0.25) is 0 Å². The summed E-state index contributed by atoms with van der Waals surface area (Å²) in [6, 6.07) is 10.8. The van der Waals surface area contributed by atoms with E-state index in [2.05, 4.69) is 21.1 Å². The van der Waals surface area contributed by atoms with Crippen LogP contribution in [0.15, 0.2) is 52.1 Å². The minimum absolute atomic E-state index is 0.111.